The van der Waals surface area contributed by atoms with Crippen LogP contribution in [-0.2, 0) is 0 Å². The zero-order chi connectivity index (χ0) is 16.9. The van der Waals surface area contributed by atoms with Crippen molar-refractivity contribution in [2.75, 3.05) is 17.2 Å². The summed E-state index contributed by atoms with van der Waals surface area (Å²) in [6, 6.07) is 8.70. The lowest BCUT2D eigenvalue weighted by Crippen LogP contribution is -2.14. The molecule has 0 aliphatic rings. The third kappa shape index (κ3) is 3.55. The number of rotatable bonds is 5. The second kappa shape index (κ2) is 7.14. The van der Waals surface area contributed by atoms with Gasteiger partial charge in [-0.15, -0.1) is 0 Å². The van der Waals surface area contributed by atoms with Crippen molar-refractivity contribution in [3.05, 3.63) is 65.8 Å². The highest BCUT2D eigenvalue weighted by Crippen LogP contribution is 2.26. The molecule has 24 heavy (non-hydrogen) atoms. The summed E-state index contributed by atoms with van der Waals surface area (Å²) in [4.78, 5) is 20.8. The Morgan fingerprint density at radius 3 is 2.83 bits per heavy atom. The molecule has 122 valence electrons. The van der Waals surface area contributed by atoms with Crippen LogP contribution in [0.4, 0.5) is 11.4 Å². The van der Waals surface area contributed by atoms with Crippen LogP contribution in [0.2, 0.25) is 5.02 Å². The van der Waals surface area contributed by atoms with E-state index >= 15 is 0 Å². The number of aromatic nitrogens is 3. The van der Waals surface area contributed by atoms with Gasteiger partial charge in [0.15, 0.2) is 0 Å². The number of amides is 1. The first kappa shape index (κ1) is 16.0. The van der Waals surface area contributed by atoms with Gasteiger partial charge in [-0.2, -0.15) is 0 Å². The van der Waals surface area contributed by atoms with E-state index in [0.29, 0.717) is 22.1 Å². The minimum Gasteiger partial charge on any atom is -0.384 e. The van der Waals surface area contributed by atoms with Crippen LogP contribution < -0.4 is 10.6 Å². The van der Waals surface area contributed by atoms with Crippen LogP contribution in [0, 0.1) is 0 Å². The smallest absolute Gasteiger partial charge is 0.255 e. The summed E-state index contributed by atoms with van der Waals surface area (Å²) in [5.41, 5.74) is 1.95. The molecule has 0 atom stereocenters. The van der Waals surface area contributed by atoms with Gasteiger partial charge < -0.3 is 10.6 Å². The van der Waals surface area contributed by atoms with Gasteiger partial charge in [0.1, 0.15) is 12.1 Å². The van der Waals surface area contributed by atoms with E-state index in [9.17, 15) is 4.79 Å². The number of pyridine rings is 1. The summed E-state index contributed by atoms with van der Waals surface area (Å²) >= 11 is 6.04. The predicted octanol–water partition coefficient (Wildman–Crippen LogP) is 3.60. The SMILES string of the molecule is CCNc1ccc(Cl)cc1NC(=O)c1ccnc(-n2ccnc2)c1. The molecule has 1 amide bonds. The quantitative estimate of drug-likeness (QED) is 0.743. The normalized spacial score (nSPS) is 10.4. The molecule has 0 spiro atoms. The summed E-state index contributed by atoms with van der Waals surface area (Å²) in [6.45, 7) is 2.73. The van der Waals surface area contributed by atoms with Crippen LogP contribution in [0.5, 0.6) is 0 Å². The number of halogens is 1. The summed E-state index contributed by atoms with van der Waals surface area (Å²) in [5, 5.41) is 6.64. The molecule has 0 bridgehead atoms. The zero-order valence-corrected chi connectivity index (χ0v) is 13.8. The molecule has 0 aliphatic carbocycles. The lowest BCUT2D eigenvalue weighted by molar-refractivity contribution is 0.102. The highest BCUT2D eigenvalue weighted by Gasteiger charge is 2.11. The summed E-state index contributed by atoms with van der Waals surface area (Å²) in [5.74, 6) is 0.387. The van der Waals surface area contributed by atoms with Crippen LogP contribution in [0.15, 0.2) is 55.2 Å². The van der Waals surface area contributed by atoms with Crippen molar-refractivity contribution >= 4 is 28.9 Å². The molecule has 2 aromatic heterocycles. The van der Waals surface area contributed by atoms with Crippen LogP contribution >= 0.6 is 11.6 Å². The standard InChI is InChI=1S/C17H16ClN5O/c1-2-20-14-4-3-13(18)10-15(14)22-17(24)12-5-6-21-16(9-12)23-8-7-19-11-23/h3-11,20H,2H2,1H3,(H,22,24). The molecule has 7 heteroatoms. The maximum Gasteiger partial charge on any atom is 0.255 e. The van der Waals surface area contributed by atoms with E-state index in [1.54, 1.807) is 53.8 Å². The highest BCUT2D eigenvalue weighted by atomic mass is 35.5. The van der Waals surface area contributed by atoms with Gasteiger partial charge in [0.25, 0.3) is 5.91 Å². The fraction of sp³-hybridized carbons (Fsp3) is 0.118. The molecular weight excluding hydrogens is 326 g/mol. The minimum absolute atomic E-state index is 0.236. The van der Waals surface area contributed by atoms with Gasteiger partial charge >= 0.3 is 0 Å². The first-order chi connectivity index (χ1) is 11.7. The summed E-state index contributed by atoms with van der Waals surface area (Å²) in [7, 11) is 0. The zero-order valence-electron chi connectivity index (χ0n) is 13.0. The number of carbonyl (C=O) groups excluding carboxylic acids is 1. The predicted molar refractivity (Wildman–Crippen MR) is 94.9 cm³/mol. The van der Waals surface area contributed by atoms with Gasteiger partial charge in [0.05, 0.1) is 11.4 Å². The Hall–Kier alpha value is -2.86. The number of nitrogens with one attached hydrogen (secondary N) is 2. The van der Waals surface area contributed by atoms with E-state index in [2.05, 4.69) is 20.6 Å². The van der Waals surface area contributed by atoms with E-state index < -0.39 is 0 Å². The van der Waals surface area contributed by atoms with Gasteiger partial charge in [-0.05, 0) is 37.3 Å². The van der Waals surface area contributed by atoms with Gasteiger partial charge in [-0.1, -0.05) is 11.6 Å². The maximum absolute atomic E-state index is 12.6. The van der Waals surface area contributed by atoms with Crippen molar-refractivity contribution in [2.24, 2.45) is 0 Å². The fourth-order valence-corrected chi connectivity index (χ4v) is 2.43. The van der Waals surface area contributed by atoms with Crippen molar-refractivity contribution in [3.8, 4) is 5.82 Å². The monoisotopic (exact) mass is 341 g/mol. The Morgan fingerprint density at radius 1 is 1.21 bits per heavy atom. The van der Waals surface area contributed by atoms with Crippen LogP contribution in [0.3, 0.4) is 0 Å². The lowest BCUT2D eigenvalue weighted by Gasteiger charge is -2.13. The van der Waals surface area contributed by atoms with Gasteiger partial charge in [-0.25, -0.2) is 9.97 Å². The molecule has 2 N–H and O–H groups in total. The van der Waals surface area contributed by atoms with E-state index in [1.807, 2.05) is 13.0 Å². The number of anilines is 2. The topological polar surface area (TPSA) is 71.8 Å². The van der Waals surface area contributed by atoms with Gasteiger partial charge in [0.2, 0.25) is 0 Å². The Kier molecular flexibility index (Phi) is 4.77. The number of hydrogen-bond donors (Lipinski definition) is 2. The molecule has 0 aliphatic heterocycles. The molecule has 2 heterocycles. The maximum atomic E-state index is 12.6. The average Bonchev–Trinajstić information content (AvgIpc) is 3.12. The molecule has 0 radical (unpaired) electrons. The molecule has 0 saturated carbocycles. The molecule has 3 rings (SSSR count). The number of hydrogen-bond acceptors (Lipinski definition) is 4. The second-order valence-electron chi connectivity index (χ2n) is 5.05. The van der Waals surface area contributed by atoms with Crippen LogP contribution in [0.25, 0.3) is 5.82 Å². The number of nitrogens with zero attached hydrogens (tertiary/aromatic N) is 3. The third-order valence-corrected chi connectivity index (χ3v) is 3.61. The summed E-state index contributed by atoms with van der Waals surface area (Å²) in [6.07, 6.45) is 6.64. The number of carbonyl (C=O) groups is 1. The van der Waals surface area contributed by atoms with Crippen molar-refractivity contribution in [3.63, 3.8) is 0 Å². The molecule has 1 aromatic carbocycles. The van der Waals surface area contributed by atoms with E-state index in [4.69, 9.17) is 11.6 Å². The number of benzene rings is 1. The molecule has 3 aromatic rings. The first-order valence-corrected chi connectivity index (χ1v) is 7.84. The highest BCUT2D eigenvalue weighted by molar-refractivity contribution is 6.31. The first-order valence-electron chi connectivity index (χ1n) is 7.46. The van der Waals surface area contributed by atoms with Crippen LogP contribution in [0.1, 0.15) is 17.3 Å². The molecule has 0 saturated heterocycles. The van der Waals surface area contributed by atoms with Gasteiger partial charge in [0, 0.05) is 35.7 Å². The minimum atomic E-state index is -0.236. The Morgan fingerprint density at radius 2 is 2.08 bits per heavy atom. The van der Waals surface area contributed by atoms with E-state index in [1.165, 1.54) is 0 Å². The summed E-state index contributed by atoms with van der Waals surface area (Å²) < 4.78 is 1.74. The van der Waals surface area contributed by atoms with E-state index in [-0.39, 0.29) is 5.91 Å². The fourth-order valence-electron chi connectivity index (χ4n) is 2.25. The Labute approximate surface area is 144 Å². The number of imidazole rings is 1. The second-order valence-corrected chi connectivity index (χ2v) is 5.48. The lowest BCUT2D eigenvalue weighted by atomic mass is 10.2. The molecule has 0 fully saturated rings. The van der Waals surface area contributed by atoms with Crippen molar-refractivity contribution in [1.82, 2.24) is 14.5 Å². The van der Waals surface area contributed by atoms with E-state index in [0.717, 1.165) is 12.2 Å². The molecule has 0 unspecified atom stereocenters. The Bertz CT molecular complexity index is 848. The third-order valence-electron chi connectivity index (χ3n) is 3.37. The largest absolute Gasteiger partial charge is 0.384 e. The van der Waals surface area contributed by atoms with Crippen molar-refractivity contribution in [2.45, 2.75) is 6.92 Å². The van der Waals surface area contributed by atoms with Crippen molar-refractivity contribution < 1.29 is 4.79 Å². The molecular formula is C17H16ClN5O. The Balaban J connectivity index is 1.86. The average molecular weight is 342 g/mol. The van der Waals surface area contributed by atoms with Crippen molar-refractivity contribution in [1.29, 1.82) is 0 Å². The van der Waals surface area contributed by atoms with Gasteiger partial charge in [-0.3, -0.25) is 9.36 Å². The molecule has 6 nitrogen and oxygen atoms in total. The van der Waals surface area contributed by atoms with Crippen LogP contribution in [-0.4, -0.2) is 27.0 Å².